The van der Waals surface area contributed by atoms with Crippen LogP contribution in [0.5, 0.6) is 0 Å². The second-order valence-electron chi connectivity index (χ2n) is 1.14. The summed E-state index contributed by atoms with van der Waals surface area (Å²) in [6.45, 7) is 1.84. The molecule has 0 heterocycles. The summed E-state index contributed by atoms with van der Waals surface area (Å²) in [6.07, 6.45) is 1.02. The average Bonchev–Trinajstić information content (AvgIpc) is 1.35. The van der Waals surface area contributed by atoms with E-state index in [0.717, 1.165) is 6.42 Å². The molecule has 46 valence electrons. The van der Waals surface area contributed by atoms with Gasteiger partial charge in [-0.15, -0.1) is 0 Å². The smallest absolute Gasteiger partial charge is 0.303 e. The summed E-state index contributed by atoms with van der Waals surface area (Å²) >= 11 is 0. The van der Waals surface area contributed by atoms with Crippen LogP contribution in [0.4, 0.5) is 0 Å². The van der Waals surface area contributed by atoms with Crippen LogP contribution in [0.15, 0.2) is 0 Å². The fraction of sp³-hybridized carbons (Fsp3) is 0.750. The molecule has 0 bridgehead atoms. The molecule has 0 rings (SSSR count). The number of hydrogen-bond donors (Lipinski definition) is 1. The van der Waals surface area contributed by atoms with Gasteiger partial charge in [-0.3, -0.25) is 4.79 Å². The minimum atomic E-state index is -0.711. The number of carbonyl (C=O) groups is 1. The summed E-state index contributed by atoms with van der Waals surface area (Å²) < 4.78 is 0. The Morgan fingerprint density at radius 3 is 2.14 bits per heavy atom. The number of hydrogen-bond acceptors (Lipinski definition) is 1. The van der Waals surface area contributed by atoms with Crippen molar-refractivity contribution in [3.05, 3.63) is 0 Å². The Balaban J connectivity index is 0. The first-order valence-electron chi connectivity index (χ1n) is 1.99. The quantitative estimate of drug-likeness (QED) is 0.816. The van der Waals surface area contributed by atoms with Gasteiger partial charge in [0, 0.05) is 27.5 Å². The van der Waals surface area contributed by atoms with Gasteiger partial charge in [0.15, 0.2) is 0 Å². The standard InChI is InChI=1S/C4H8O2.Pt/c1-2-3-4(5)6;/h2-3H2,1H3,(H,5,6);. The Bertz CT molecular complexity index is 53.7. The van der Waals surface area contributed by atoms with Crippen molar-refractivity contribution in [3.63, 3.8) is 0 Å². The summed E-state index contributed by atoms with van der Waals surface area (Å²) in [4.78, 5) is 9.60. The van der Waals surface area contributed by atoms with E-state index in [9.17, 15) is 4.79 Å². The first kappa shape index (κ1) is 10.2. The van der Waals surface area contributed by atoms with Gasteiger partial charge in [0.25, 0.3) is 0 Å². The minimum absolute atomic E-state index is 0. The topological polar surface area (TPSA) is 37.3 Å². The van der Waals surface area contributed by atoms with E-state index in [4.69, 9.17) is 5.11 Å². The van der Waals surface area contributed by atoms with Crippen molar-refractivity contribution in [1.29, 1.82) is 0 Å². The van der Waals surface area contributed by atoms with Gasteiger partial charge in [0.2, 0.25) is 0 Å². The minimum Gasteiger partial charge on any atom is -0.481 e. The molecule has 0 aliphatic rings. The van der Waals surface area contributed by atoms with Crippen LogP contribution < -0.4 is 0 Å². The van der Waals surface area contributed by atoms with E-state index >= 15 is 0 Å². The molecule has 0 aromatic rings. The Labute approximate surface area is 57.2 Å². The van der Waals surface area contributed by atoms with Crippen molar-refractivity contribution >= 4 is 5.97 Å². The van der Waals surface area contributed by atoms with Crippen molar-refractivity contribution in [2.45, 2.75) is 19.8 Å². The molecule has 7 heavy (non-hydrogen) atoms. The molecule has 0 aromatic heterocycles. The van der Waals surface area contributed by atoms with E-state index in [1.807, 2.05) is 6.92 Å². The van der Waals surface area contributed by atoms with Crippen LogP contribution in [-0.2, 0) is 25.9 Å². The van der Waals surface area contributed by atoms with Crippen LogP contribution >= 0.6 is 0 Å². The monoisotopic (exact) mass is 283 g/mol. The van der Waals surface area contributed by atoms with Crippen LogP contribution in [0, 0.1) is 0 Å². The van der Waals surface area contributed by atoms with Crippen LogP contribution in [-0.4, -0.2) is 11.1 Å². The molecular formula is C4H8O2Pt. The number of carboxylic acids is 1. The van der Waals surface area contributed by atoms with Crippen molar-refractivity contribution in [3.8, 4) is 0 Å². The molecule has 0 amide bonds. The molecule has 1 N–H and O–H groups in total. The van der Waals surface area contributed by atoms with Gasteiger partial charge in [-0.2, -0.15) is 0 Å². The van der Waals surface area contributed by atoms with Crippen LogP contribution in [0.2, 0.25) is 0 Å². The summed E-state index contributed by atoms with van der Waals surface area (Å²) in [5.74, 6) is -0.711. The second-order valence-corrected chi connectivity index (χ2v) is 1.14. The largest absolute Gasteiger partial charge is 0.481 e. The molecule has 0 saturated carbocycles. The summed E-state index contributed by atoms with van der Waals surface area (Å²) in [6, 6.07) is 0. The van der Waals surface area contributed by atoms with E-state index in [0.29, 0.717) is 6.42 Å². The van der Waals surface area contributed by atoms with Crippen molar-refractivity contribution in [2.75, 3.05) is 0 Å². The molecule has 0 aliphatic carbocycles. The maximum Gasteiger partial charge on any atom is 0.303 e. The zero-order valence-electron chi connectivity index (χ0n) is 4.09. The third-order valence-corrected chi connectivity index (χ3v) is 0.464. The Morgan fingerprint density at radius 2 is 2.14 bits per heavy atom. The maximum absolute atomic E-state index is 9.60. The van der Waals surface area contributed by atoms with E-state index in [2.05, 4.69) is 0 Å². The first-order valence-corrected chi connectivity index (χ1v) is 1.99. The molecule has 0 unspecified atom stereocenters. The van der Waals surface area contributed by atoms with Gasteiger partial charge in [0.1, 0.15) is 0 Å². The second kappa shape index (κ2) is 6.16. The molecule has 0 atom stereocenters. The van der Waals surface area contributed by atoms with Crippen LogP contribution in [0.3, 0.4) is 0 Å². The molecule has 0 aromatic carbocycles. The van der Waals surface area contributed by atoms with Gasteiger partial charge in [0.05, 0.1) is 0 Å². The van der Waals surface area contributed by atoms with Crippen molar-refractivity contribution < 1.29 is 31.0 Å². The van der Waals surface area contributed by atoms with Gasteiger partial charge in [-0.05, 0) is 6.42 Å². The number of rotatable bonds is 2. The molecule has 0 aliphatic heterocycles. The van der Waals surface area contributed by atoms with Crippen LogP contribution in [0.1, 0.15) is 19.8 Å². The molecule has 0 spiro atoms. The van der Waals surface area contributed by atoms with E-state index in [1.54, 1.807) is 0 Å². The zero-order valence-corrected chi connectivity index (χ0v) is 6.36. The fourth-order valence-electron chi connectivity index (χ4n) is 0.214. The third-order valence-electron chi connectivity index (χ3n) is 0.464. The normalized spacial score (nSPS) is 7.00. The SMILES string of the molecule is CCCC(=O)O.[Pt]. The number of carboxylic acid groups (broad SMARTS) is 1. The van der Waals surface area contributed by atoms with E-state index < -0.39 is 5.97 Å². The molecular weight excluding hydrogens is 275 g/mol. The molecule has 2 nitrogen and oxygen atoms in total. The first-order chi connectivity index (χ1) is 2.77. The molecule has 0 fully saturated rings. The summed E-state index contributed by atoms with van der Waals surface area (Å²) in [5.41, 5.74) is 0. The van der Waals surface area contributed by atoms with E-state index in [1.165, 1.54) is 0 Å². The van der Waals surface area contributed by atoms with Crippen LogP contribution in [0.25, 0.3) is 0 Å². The molecule has 0 saturated heterocycles. The van der Waals surface area contributed by atoms with Gasteiger partial charge in [-0.25, -0.2) is 0 Å². The maximum atomic E-state index is 9.60. The summed E-state index contributed by atoms with van der Waals surface area (Å²) in [7, 11) is 0. The van der Waals surface area contributed by atoms with Gasteiger partial charge < -0.3 is 5.11 Å². The summed E-state index contributed by atoms with van der Waals surface area (Å²) in [5, 5.41) is 7.91. The predicted octanol–water partition coefficient (Wildman–Crippen LogP) is 0.869. The predicted molar refractivity (Wildman–Crippen MR) is 22.5 cm³/mol. The Kier molecular flexibility index (Phi) is 8.98. The van der Waals surface area contributed by atoms with E-state index in [-0.39, 0.29) is 21.1 Å². The average molecular weight is 283 g/mol. The third kappa shape index (κ3) is 10.7. The zero-order chi connectivity index (χ0) is 4.99. The van der Waals surface area contributed by atoms with Crippen molar-refractivity contribution in [2.24, 2.45) is 0 Å². The van der Waals surface area contributed by atoms with Crippen molar-refractivity contribution in [1.82, 2.24) is 0 Å². The Morgan fingerprint density at radius 1 is 1.71 bits per heavy atom. The molecule has 3 heteroatoms. The number of aliphatic carboxylic acids is 1. The van der Waals surface area contributed by atoms with Gasteiger partial charge in [-0.1, -0.05) is 6.92 Å². The fourth-order valence-corrected chi connectivity index (χ4v) is 0.214. The Hall–Kier alpha value is 0.158. The van der Waals surface area contributed by atoms with Gasteiger partial charge >= 0.3 is 5.97 Å². The molecule has 0 radical (unpaired) electrons.